The fourth-order valence-corrected chi connectivity index (χ4v) is 1.58. The maximum Gasteiger partial charge on any atom is 0.431 e. The number of likely N-dealkylation sites (tertiary alicyclic amines) is 1. The molecule has 1 aliphatic heterocycles. The standard InChI is InChI=1S/C10H13F3N2O3/c1-2-18-9(17)4-7(10(11,12)13)15-5-6(14)3-8(15)16/h4,6H,2-3,5,14H2,1H3. The van der Waals surface area contributed by atoms with Gasteiger partial charge < -0.3 is 15.4 Å². The van der Waals surface area contributed by atoms with Crippen molar-refractivity contribution in [2.75, 3.05) is 13.2 Å². The van der Waals surface area contributed by atoms with E-state index in [9.17, 15) is 22.8 Å². The molecule has 0 aromatic carbocycles. The molecule has 0 saturated carbocycles. The molecule has 1 amide bonds. The van der Waals surface area contributed by atoms with Crippen molar-refractivity contribution >= 4 is 11.9 Å². The Labute approximate surface area is 101 Å². The van der Waals surface area contributed by atoms with E-state index < -0.39 is 29.8 Å². The van der Waals surface area contributed by atoms with Crippen LogP contribution >= 0.6 is 0 Å². The summed E-state index contributed by atoms with van der Waals surface area (Å²) in [7, 11) is 0. The summed E-state index contributed by atoms with van der Waals surface area (Å²) in [5.41, 5.74) is 4.08. The van der Waals surface area contributed by atoms with Crippen LogP contribution in [0.2, 0.25) is 0 Å². The zero-order chi connectivity index (χ0) is 13.9. The first-order valence-electron chi connectivity index (χ1n) is 5.27. The highest BCUT2D eigenvalue weighted by molar-refractivity contribution is 5.86. The van der Waals surface area contributed by atoms with Crippen LogP contribution in [0.5, 0.6) is 0 Å². The number of amides is 1. The largest absolute Gasteiger partial charge is 0.463 e. The minimum Gasteiger partial charge on any atom is -0.463 e. The molecule has 0 radical (unpaired) electrons. The van der Waals surface area contributed by atoms with E-state index in [1.165, 1.54) is 6.92 Å². The highest BCUT2D eigenvalue weighted by atomic mass is 19.4. The smallest absolute Gasteiger partial charge is 0.431 e. The molecule has 0 aliphatic carbocycles. The van der Waals surface area contributed by atoms with E-state index >= 15 is 0 Å². The summed E-state index contributed by atoms with van der Waals surface area (Å²) in [5, 5.41) is 0. The van der Waals surface area contributed by atoms with Crippen LogP contribution in [0, 0.1) is 0 Å². The third-order valence-electron chi connectivity index (χ3n) is 2.28. The number of hydrogen-bond donors (Lipinski definition) is 1. The number of ether oxygens (including phenoxy) is 1. The Hall–Kier alpha value is -1.57. The van der Waals surface area contributed by atoms with Gasteiger partial charge in [-0.1, -0.05) is 0 Å². The second-order valence-corrected chi connectivity index (χ2v) is 3.75. The third kappa shape index (κ3) is 3.46. The SMILES string of the molecule is CCOC(=O)C=C(N1CC(N)CC1=O)C(F)(F)F. The number of hydrogen-bond acceptors (Lipinski definition) is 4. The van der Waals surface area contributed by atoms with Crippen molar-refractivity contribution in [3.05, 3.63) is 11.8 Å². The van der Waals surface area contributed by atoms with Crippen LogP contribution in [-0.4, -0.2) is 42.1 Å². The third-order valence-corrected chi connectivity index (χ3v) is 2.28. The molecule has 0 aromatic rings. The molecule has 5 nitrogen and oxygen atoms in total. The molecule has 8 heteroatoms. The van der Waals surface area contributed by atoms with Gasteiger partial charge in [-0.15, -0.1) is 0 Å². The van der Waals surface area contributed by atoms with Crippen molar-refractivity contribution in [3.8, 4) is 0 Å². The van der Waals surface area contributed by atoms with Crippen molar-refractivity contribution in [2.45, 2.75) is 25.6 Å². The monoisotopic (exact) mass is 266 g/mol. The van der Waals surface area contributed by atoms with Gasteiger partial charge in [0.2, 0.25) is 5.91 Å². The van der Waals surface area contributed by atoms with Crippen LogP contribution in [0.1, 0.15) is 13.3 Å². The lowest BCUT2D eigenvalue weighted by Gasteiger charge is -2.21. The summed E-state index contributed by atoms with van der Waals surface area (Å²) in [5.74, 6) is -1.89. The Kier molecular flexibility index (Phi) is 4.33. The number of alkyl halides is 3. The van der Waals surface area contributed by atoms with Crippen LogP contribution in [0.25, 0.3) is 0 Å². The van der Waals surface area contributed by atoms with Gasteiger partial charge in [0.25, 0.3) is 0 Å². The molecular weight excluding hydrogens is 253 g/mol. The fraction of sp³-hybridized carbons (Fsp3) is 0.600. The molecule has 1 rings (SSSR count). The average molecular weight is 266 g/mol. The summed E-state index contributed by atoms with van der Waals surface area (Å²) in [4.78, 5) is 22.9. The normalized spacial score (nSPS) is 21.4. The van der Waals surface area contributed by atoms with E-state index in [0.717, 1.165) is 0 Å². The van der Waals surface area contributed by atoms with Gasteiger partial charge in [0, 0.05) is 19.0 Å². The lowest BCUT2D eigenvalue weighted by Crippen LogP contribution is -2.35. The Morgan fingerprint density at radius 3 is 2.61 bits per heavy atom. The average Bonchev–Trinajstić information content (AvgIpc) is 2.53. The minimum atomic E-state index is -4.81. The molecule has 1 atom stereocenters. The Morgan fingerprint density at radius 2 is 2.22 bits per heavy atom. The molecule has 1 heterocycles. The number of carbonyl (C=O) groups excluding carboxylic acids is 2. The van der Waals surface area contributed by atoms with Gasteiger partial charge in [-0.2, -0.15) is 13.2 Å². The van der Waals surface area contributed by atoms with Gasteiger partial charge in [0.15, 0.2) is 0 Å². The highest BCUT2D eigenvalue weighted by Crippen LogP contribution is 2.31. The zero-order valence-corrected chi connectivity index (χ0v) is 9.66. The summed E-state index contributed by atoms with van der Waals surface area (Å²) in [6.45, 7) is 1.16. The number of halogens is 3. The predicted octanol–water partition coefficient (Wildman–Crippen LogP) is 0.555. The summed E-state index contributed by atoms with van der Waals surface area (Å²) in [6, 6.07) is -0.662. The van der Waals surface area contributed by atoms with Crippen LogP contribution < -0.4 is 5.73 Å². The number of esters is 1. The van der Waals surface area contributed by atoms with Crippen molar-refractivity contribution in [3.63, 3.8) is 0 Å². The first kappa shape index (κ1) is 14.5. The number of nitrogens with two attached hydrogens (primary N) is 1. The first-order valence-corrected chi connectivity index (χ1v) is 5.27. The molecule has 1 fully saturated rings. The Balaban J connectivity index is 3.00. The molecule has 1 aliphatic rings. The molecule has 2 N–H and O–H groups in total. The van der Waals surface area contributed by atoms with Crippen molar-refractivity contribution in [2.24, 2.45) is 5.73 Å². The van der Waals surface area contributed by atoms with Crippen molar-refractivity contribution in [1.82, 2.24) is 4.90 Å². The van der Waals surface area contributed by atoms with Gasteiger partial charge in [-0.25, -0.2) is 4.79 Å². The fourth-order valence-electron chi connectivity index (χ4n) is 1.58. The minimum absolute atomic E-state index is 0.0477. The number of rotatable bonds is 3. The van der Waals surface area contributed by atoms with E-state index in [1.807, 2.05) is 0 Å². The van der Waals surface area contributed by atoms with E-state index in [1.54, 1.807) is 0 Å². The molecule has 1 unspecified atom stereocenters. The van der Waals surface area contributed by atoms with Gasteiger partial charge in [0.05, 0.1) is 12.7 Å². The second kappa shape index (κ2) is 5.38. The first-order chi connectivity index (χ1) is 8.25. The van der Waals surface area contributed by atoms with E-state index in [2.05, 4.69) is 4.74 Å². The summed E-state index contributed by atoms with van der Waals surface area (Å²) >= 11 is 0. The van der Waals surface area contributed by atoms with E-state index in [-0.39, 0.29) is 25.6 Å². The lowest BCUT2D eigenvalue weighted by molar-refractivity contribution is -0.142. The molecule has 0 aromatic heterocycles. The molecule has 0 bridgehead atoms. The van der Waals surface area contributed by atoms with Gasteiger partial charge in [-0.3, -0.25) is 4.79 Å². The van der Waals surface area contributed by atoms with Crippen molar-refractivity contribution in [1.29, 1.82) is 0 Å². The Morgan fingerprint density at radius 1 is 1.61 bits per heavy atom. The number of allylic oxidation sites excluding steroid dienone is 1. The zero-order valence-electron chi connectivity index (χ0n) is 9.66. The molecule has 102 valence electrons. The quantitative estimate of drug-likeness (QED) is 0.598. The van der Waals surface area contributed by atoms with Crippen LogP contribution in [-0.2, 0) is 14.3 Å². The van der Waals surface area contributed by atoms with Crippen molar-refractivity contribution < 1.29 is 27.5 Å². The Bertz CT molecular complexity index is 379. The maximum atomic E-state index is 12.8. The molecule has 1 saturated heterocycles. The topological polar surface area (TPSA) is 72.6 Å². The second-order valence-electron chi connectivity index (χ2n) is 3.75. The van der Waals surface area contributed by atoms with Crippen LogP contribution in [0.15, 0.2) is 11.8 Å². The summed E-state index contributed by atoms with van der Waals surface area (Å²) in [6.07, 6.45) is -4.71. The number of carbonyl (C=O) groups is 2. The lowest BCUT2D eigenvalue weighted by atomic mass is 10.3. The van der Waals surface area contributed by atoms with Gasteiger partial charge in [-0.05, 0) is 6.92 Å². The molecular formula is C10H13F3N2O3. The van der Waals surface area contributed by atoms with E-state index in [4.69, 9.17) is 5.73 Å². The van der Waals surface area contributed by atoms with Gasteiger partial charge >= 0.3 is 12.1 Å². The summed E-state index contributed by atoms with van der Waals surface area (Å²) < 4.78 is 42.7. The maximum absolute atomic E-state index is 12.8. The van der Waals surface area contributed by atoms with Crippen LogP contribution in [0.4, 0.5) is 13.2 Å². The van der Waals surface area contributed by atoms with Gasteiger partial charge in [0.1, 0.15) is 5.70 Å². The van der Waals surface area contributed by atoms with Crippen LogP contribution in [0.3, 0.4) is 0 Å². The highest BCUT2D eigenvalue weighted by Gasteiger charge is 2.43. The molecule has 0 spiro atoms. The number of nitrogens with zero attached hydrogens (tertiary/aromatic N) is 1. The predicted molar refractivity (Wildman–Crippen MR) is 55.1 cm³/mol. The van der Waals surface area contributed by atoms with E-state index in [0.29, 0.717) is 4.90 Å². The molecule has 18 heavy (non-hydrogen) atoms.